The van der Waals surface area contributed by atoms with E-state index in [2.05, 4.69) is 39.6 Å². The first kappa shape index (κ1) is 27.6. The summed E-state index contributed by atoms with van der Waals surface area (Å²) in [5.41, 5.74) is 1.20. The highest BCUT2D eigenvalue weighted by atomic mass is 127. The Labute approximate surface area is 205 Å². The normalized spacial score (nSPS) is 17.7. The number of carbonyl (C=O) groups excluding carboxylic acids is 1. The summed E-state index contributed by atoms with van der Waals surface area (Å²) in [6.07, 6.45) is 4.08. The van der Waals surface area contributed by atoms with Crippen LogP contribution < -0.4 is 10.6 Å². The van der Waals surface area contributed by atoms with Crippen molar-refractivity contribution in [3.8, 4) is 0 Å². The maximum Gasteiger partial charge on any atom is 0.239 e. The summed E-state index contributed by atoms with van der Waals surface area (Å²) in [4.78, 5) is 20.6. The van der Waals surface area contributed by atoms with E-state index >= 15 is 0 Å². The van der Waals surface area contributed by atoms with Gasteiger partial charge in [0.05, 0.1) is 12.1 Å². The van der Waals surface area contributed by atoms with E-state index in [-0.39, 0.29) is 42.0 Å². The molecule has 2 unspecified atom stereocenters. The number of benzene rings is 1. The molecule has 1 aliphatic heterocycles. The van der Waals surface area contributed by atoms with Gasteiger partial charge in [0.25, 0.3) is 0 Å². The van der Waals surface area contributed by atoms with E-state index in [9.17, 15) is 4.79 Å². The Balaban J connectivity index is 0.00000480. The maximum absolute atomic E-state index is 12.3. The zero-order valence-electron chi connectivity index (χ0n) is 19.5. The number of amides is 1. The Morgan fingerprint density at radius 2 is 1.90 bits per heavy atom. The van der Waals surface area contributed by atoms with Crippen molar-refractivity contribution >= 4 is 35.8 Å². The number of halogens is 1. The van der Waals surface area contributed by atoms with Crippen LogP contribution in [-0.4, -0.2) is 81.6 Å². The minimum atomic E-state index is 0. The van der Waals surface area contributed by atoms with E-state index in [1.54, 1.807) is 11.9 Å². The van der Waals surface area contributed by atoms with Crippen molar-refractivity contribution in [1.82, 2.24) is 20.4 Å². The Kier molecular flexibility index (Phi) is 13.7. The first-order valence-corrected chi connectivity index (χ1v) is 11.1. The van der Waals surface area contributed by atoms with Gasteiger partial charge in [-0.25, -0.2) is 0 Å². The molecule has 176 valence electrons. The SMILES string of the molecule is CN=C(NCCCOC(C)c1ccccc1)NCCCN1CCCC1C(=O)N(C)C.I. The zero-order valence-corrected chi connectivity index (χ0v) is 21.8. The molecule has 0 radical (unpaired) electrons. The van der Waals surface area contributed by atoms with E-state index in [1.165, 1.54) is 5.56 Å². The first-order chi connectivity index (χ1) is 14.5. The lowest BCUT2D eigenvalue weighted by Gasteiger charge is -2.26. The fraction of sp³-hybridized carbons (Fsp3) is 0.652. The molecule has 1 amide bonds. The summed E-state index contributed by atoms with van der Waals surface area (Å²) in [5.74, 6) is 1.04. The fourth-order valence-corrected chi connectivity index (χ4v) is 3.74. The molecule has 1 aliphatic rings. The van der Waals surface area contributed by atoms with Crippen LogP contribution in [0.3, 0.4) is 0 Å². The van der Waals surface area contributed by atoms with Gasteiger partial charge in [-0.3, -0.25) is 14.7 Å². The summed E-state index contributed by atoms with van der Waals surface area (Å²) in [7, 11) is 5.46. The van der Waals surface area contributed by atoms with Crippen LogP contribution in [0.5, 0.6) is 0 Å². The average molecular weight is 546 g/mol. The highest BCUT2D eigenvalue weighted by molar-refractivity contribution is 14.0. The third kappa shape index (κ3) is 9.74. The summed E-state index contributed by atoms with van der Waals surface area (Å²) in [6.45, 7) is 6.38. The number of rotatable bonds is 11. The number of nitrogens with zero attached hydrogens (tertiary/aromatic N) is 3. The van der Waals surface area contributed by atoms with E-state index < -0.39 is 0 Å². The zero-order chi connectivity index (χ0) is 21.8. The molecule has 0 bridgehead atoms. The van der Waals surface area contributed by atoms with Crippen molar-refractivity contribution in [1.29, 1.82) is 0 Å². The topological polar surface area (TPSA) is 69.2 Å². The average Bonchev–Trinajstić information content (AvgIpc) is 3.23. The van der Waals surface area contributed by atoms with Gasteiger partial charge in [0.15, 0.2) is 5.96 Å². The van der Waals surface area contributed by atoms with Gasteiger partial charge in [0.1, 0.15) is 0 Å². The van der Waals surface area contributed by atoms with Gasteiger partial charge in [-0.1, -0.05) is 30.3 Å². The lowest BCUT2D eigenvalue weighted by molar-refractivity contribution is -0.133. The molecule has 2 rings (SSSR count). The maximum atomic E-state index is 12.3. The van der Waals surface area contributed by atoms with Crippen molar-refractivity contribution in [3.63, 3.8) is 0 Å². The molecule has 0 saturated carbocycles. The van der Waals surface area contributed by atoms with Crippen LogP contribution >= 0.6 is 24.0 Å². The molecule has 2 N–H and O–H groups in total. The predicted octanol–water partition coefficient (Wildman–Crippen LogP) is 2.88. The van der Waals surface area contributed by atoms with Crippen molar-refractivity contribution in [2.45, 2.75) is 44.8 Å². The smallest absolute Gasteiger partial charge is 0.239 e. The molecule has 1 heterocycles. The molecule has 0 spiro atoms. The minimum Gasteiger partial charge on any atom is -0.374 e. The minimum absolute atomic E-state index is 0. The standard InChI is InChI=1S/C23H39N5O2.HI/c1-19(20-11-6-5-7-12-20)30-18-10-15-26-23(24-2)25-14-9-17-28-16-8-13-21(28)22(29)27(3)4;/h5-7,11-12,19,21H,8-10,13-18H2,1-4H3,(H2,24,25,26);1H. The second kappa shape index (κ2) is 15.4. The molecular weight excluding hydrogens is 505 g/mol. The number of nitrogens with one attached hydrogen (secondary N) is 2. The van der Waals surface area contributed by atoms with E-state index in [1.807, 2.05) is 32.3 Å². The second-order valence-electron chi connectivity index (χ2n) is 7.98. The lowest BCUT2D eigenvalue weighted by atomic mass is 10.1. The third-order valence-corrected chi connectivity index (χ3v) is 5.48. The molecule has 0 aromatic heterocycles. The molecule has 1 aromatic rings. The number of hydrogen-bond donors (Lipinski definition) is 2. The molecule has 1 fully saturated rings. The number of carbonyl (C=O) groups is 1. The van der Waals surface area contributed by atoms with E-state index in [4.69, 9.17) is 4.74 Å². The molecule has 31 heavy (non-hydrogen) atoms. The van der Waals surface area contributed by atoms with Crippen molar-refractivity contribution in [2.24, 2.45) is 4.99 Å². The van der Waals surface area contributed by atoms with Crippen LogP contribution in [0, 0.1) is 0 Å². The van der Waals surface area contributed by atoms with Gasteiger partial charge < -0.3 is 20.3 Å². The van der Waals surface area contributed by atoms with Gasteiger partial charge >= 0.3 is 0 Å². The molecular formula is C23H40IN5O2. The number of guanidine groups is 1. The number of ether oxygens (including phenoxy) is 1. The summed E-state index contributed by atoms with van der Waals surface area (Å²) in [6, 6.07) is 10.3. The van der Waals surface area contributed by atoms with Gasteiger partial charge in [0, 0.05) is 47.4 Å². The van der Waals surface area contributed by atoms with Gasteiger partial charge in [0.2, 0.25) is 5.91 Å². The highest BCUT2D eigenvalue weighted by Gasteiger charge is 2.30. The molecule has 7 nitrogen and oxygen atoms in total. The summed E-state index contributed by atoms with van der Waals surface area (Å²) >= 11 is 0. The predicted molar refractivity (Wildman–Crippen MR) is 138 cm³/mol. The van der Waals surface area contributed by atoms with Crippen LogP contribution in [0.4, 0.5) is 0 Å². The summed E-state index contributed by atoms with van der Waals surface area (Å²) < 4.78 is 5.91. The summed E-state index contributed by atoms with van der Waals surface area (Å²) in [5, 5.41) is 6.70. The Hall–Kier alpha value is -1.39. The second-order valence-corrected chi connectivity index (χ2v) is 7.98. The molecule has 1 aromatic carbocycles. The fourth-order valence-electron chi connectivity index (χ4n) is 3.74. The number of likely N-dealkylation sites (tertiary alicyclic amines) is 1. The van der Waals surface area contributed by atoms with Crippen LogP contribution in [-0.2, 0) is 9.53 Å². The van der Waals surface area contributed by atoms with Crippen LogP contribution in [0.2, 0.25) is 0 Å². The van der Waals surface area contributed by atoms with Crippen molar-refractivity contribution in [2.75, 3.05) is 53.9 Å². The van der Waals surface area contributed by atoms with E-state index in [0.717, 1.165) is 57.8 Å². The highest BCUT2D eigenvalue weighted by Crippen LogP contribution is 2.18. The number of aliphatic imine (C=N–C) groups is 1. The van der Waals surface area contributed by atoms with Crippen LogP contribution in [0.1, 0.15) is 44.3 Å². The molecule has 1 saturated heterocycles. The Morgan fingerprint density at radius 1 is 1.23 bits per heavy atom. The molecule has 2 atom stereocenters. The van der Waals surface area contributed by atoms with Crippen molar-refractivity contribution in [3.05, 3.63) is 35.9 Å². The van der Waals surface area contributed by atoms with Crippen LogP contribution in [0.25, 0.3) is 0 Å². The largest absolute Gasteiger partial charge is 0.374 e. The molecule has 0 aliphatic carbocycles. The lowest BCUT2D eigenvalue weighted by Crippen LogP contribution is -2.44. The van der Waals surface area contributed by atoms with Gasteiger partial charge in [-0.2, -0.15) is 0 Å². The number of hydrogen-bond acceptors (Lipinski definition) is 4. The van der Waals surface area contributed by atoms with Gasteiger partial charge in [-0.15, -0.1) is 24.0 Å². The Bertz CT molecular complexity index is 657. The quantitative estimate of drug-likeness (QED) is 0.194. The monoisotopic (exact) mass is 545 g/mol. The molecule has 8 heteroatoms. The Morgan fingerprint density at radius 3 is 2.55 bits per heavy atom. The number of likely N-dealkylation sites (N-methyl/N-ethyl adjacent to an activating group) is 1. The van der Waals surface area contributed by atoms with Gasteiger partial charge in [-0.05, 0) is 44.7 Å². The third-order valence-electron chi connectivity index (χ3n) is 5.48. The van der Waals surface area contributed by atoms with E-state index in [0.29, 0.717) is 6.61 Å². The first-order valence-electron chi connectivity index (χ1n) is 11.1. The van der Waals surface area contributed by atoms with Crippen LogP contribution in [0.15, 0.2) is 35.3 Å². The van der Waals surface area contributed by atoms with Crippen molar-refractivity contribution < 1.29 is 9.53 Å².